The fraction of sp³-hybridized carbons (Fsp3) is 1.00. The molecule has 1 rings (SSSR count). The third-order valence-corrected chi connectivity index (χ3v) is 4.41. The maximum absolute atomic E-state index is 6.11. The molecule has 0 spiro atoms. The molecule has 0 aliphatic heterocycles. The molecule has 1 fully saturated rings. The van der Waals surface area contributed by atoms with Crippen molar-refractivity contribution >= 4 is 0 Å². The number of hydrogen-bond donors (Lipinski definition) is 0. The Balaban J connectivity index is 2.09. The Kier molecular flexibility index (Phi) is 9.49. The summed E-state index contributed by atoms with van der Waals surface area (Å²) in [4.78, 5) is 0. The molecule has 1 aliphatic carbocycles. The van der Waals surface area contributed by atoms with Gasteiger partial charge in [-0.15, -0.1) is 0 Å². The molecule has 3 unspecified atom stereocenters. The van der Waals surface area contributed by atoms with Gasteiger partial charge in [0.1, 0.15) is 0 Å². The molecule has 1 aliphatic rings. The highest BCUT2D eigenvalue weighted by atomic mass is 16.5. The number of rotatable bonds is 10. The zero-order valence-electron chi connectivity index (χ0n) is 13.9. The minimum Gasteiger partial charge on any atom is -0.385 e. The molecule has 120 valence electrons. The maximum atomic E-state index is 6.11. The summed E-state index contributed by atoms with van der Waals surface area (Å²) < 4.78 is 16.7. The lowest BCUT2D eigenvalue weighted by Crippen LogP contribution is -2.35. The molecule has 0 aromatic carbocycles. The predicted molar refractivity (Wildman–Crippen MR) is 83.0 cm³/mol. The van der Waals surface area contributed by atoms with Gasteiger partial charge < -0.3 is 14.2 Å². The van der Waals surface area contributed by atoms with E-state index in [4.69, 9.17) is 14.2 Å². The molecular formula is C17H34O3. The molecule has 0 N–H and O–H groups in total. The lowest BCUT2D eigenvalue weighted by atomic mass is 9.75. The number of methoxy groups -OCH3 is 1. The third-order valence-electron chi connectivity index (χ3n) is 4.41. The van der Waals surface area contributed by atoms with E-state index in [2.05, 4.69) is 20.8 Å². The van der Waals surface area contributed by atoms with Crippen LogP contribution < -0.4 is 0 Å². The van der Waals surface area contributed by atoms with Gasteiger partial charge >= 0.3 is 0 Å². The summed E-state index contributed by atoms with van der Waals surface area (Å²) in [5.74, 6) is 2.26. The smallest absolute Gasteiger partial charge is 0.0704 e. The molecule has 3 nitrogen and oxygen atoms in total. The van der Waals surface area contributed by atoms with Gasteiger partial charge in [0.25, 0.3) is 0 Å². The van der Waals surface area contributed by atoms with E-state index in [1.807, 2.05) is 0 Å². The van der Waals surface area contributed by atoms with E-state index in [0.29, 0.717) is 6.10 Å². The summed E-state index contributed by atoms with van der Waals surface area (Å²) in [5, 5.41) is 0. The Morgan fingerprint density at radius 2 is 1.75 bits per heavy atom. The van der Waals surface area contributed by atoms with Gasteiger partial charge in [0, 0.05) is 20.3 Å². The molecule has 0 saturated heterocycles. The minimum atomic E-state index is 0.441. The van der Waals surface area contributed by atoms with E-state index in [9.17, 15) is 0 Å². The van der Waals surface area contributed by atoms with Gasteiger partial charge in [-0.05, 0) is 43.4 Å². The van der Waals surface area contributed by atoms with Crippen LogP contribution in [0.15, 0.2) is 0 Å². The highest BCUT2D eigenvalue weighted by molar-refractivity contribution is 4.81. The van der Waals surface area contributed by atoms with Crippen molar-refractivity contribution in [3.8, 4) is 0 Å². The fourth-order valence-electron chi connectivity index (χ4n) is 3.12. The Labute approximate surface area is 125 Å². The number of hydrogen-bond acceptors (Lipinski definition) is 3. The first-order valence-electron chi connectivity index (χ1n) is 8.33. The first-order valence-corrected chi connectivity index (χ1v) is 8.33. The Morgan fingerprint density at radius 3 is 2.45 bits per heavy atom. The molecule has 1 saturated carbocycles. The van der Waals surface area contributed by atoms with Gasteiger partial charge in [0.2, 0.25) is 0 Å². The molecule has 0 bridgehead atoms. The minimum absolute atomic E-state index is 0.441. The maximum Gasteiger partial charge on any atom is 0.0704 e. The molecule has 0 amide bonds. The molecule has 0 aromatic heterocycles. The van der Waals surface area contributed by atoms with E-state index in [0.717, 1.165) is 57.0 Å². The zero-order chi connectivity index (χ0) is 14.8. The second kappa shape index (κ2) is 10.6. The van der Waals surface area contributed by atoms with Crippen LogP contribution in [0.2, 0.25) is 0 Å². The van der Waals surface area contributed by atoms with Crippen LogP contribution in [0.25, 0.3) is 0 Å². The van der Waals surface area contributed by atoms with Crippen LogP contribution in [-0.2, 0) is 14.2 Å². The highest BCUT2D eigenvalue weighted by Crippen LogP contribution is 2.35. The summed E-state index contributed by atoms with van der Waals surface area (Å²) in [6.45, 7) is 10.1. The quantitative estimate of drug-likeness (QED) is 0.570. The van der Waals surface area contributed by atoms with Crippen LogP contribution in [0.5, 0.6) is 0 Å². The summed E-state index contributed by atoms with van der Waals surface area (Å²) in [7, 11) is 1.74. The average molecular weight is 286 g/mol. The molecule has 0 radical (unpaired) electrons. The van der Waals surface area contributed by atoms with Gasteiger partial charge in [0.05, 0.1) is 19.3 Å². The first-order chi connectivity index (χ1) is 9.65. The number of ether oxygens (including phenoxy) is 3. The monoisotopic (exact) mass is 286 g/mol. The van der Waals surface area contributed by atoms with Crippen molar-refractivity contribution < 1.29 is 14.2 Å². The van der Waals surface area contributed by atoms with Gasteiger partial charge in [-0.2, -0.15) is 0 Å². The second-order valence-corrected chi connectivity index (χ2v) is 6.55. The SMILES string of the molecule is COCCCCOCCOC1CC(C)CCC1C(C)C. The van der Waals surface area contributed by atoms with E-state index in [1.165, 1.54) is 19.3 Å². The van der Waals surface area contributed by atoms with Crippen molar-refractivity contribution in [1.82, 2.24) is 0 Å². The van der Waals surface area contributed by atoms with Crippen molar-refractivity contribution in [3.63, 3.8) is 0 Å². The summed E-state index contributed by atoms with van der Waals surface area (Å²) in [5.41, 5.74) is 0. The molecular weight excluding hydrogens is 252 g/mol. The average Bonchev–Trinajstić information content (AvgIpc) is 2.41. The largest absolute Gasteiger partial charge is 0.385 e. The van der Waals surface area contributed by atoms with Crippen molar-refractivity contribution in [2.45, 2.75) is 59.0 Å². The molecule has 3 atom stereocenters. The Bertz CT molecular complexity index is 230. The zero-order valence-corrected chi connectivity index (χ0v) is 13.9. The van der Waals surface area contributed by atoms with Crippen LogP contribution in [0.1, 0.15) is 52.9 Å². The predicted octanol–water partition coefficient (Wildman–Crippen LogP) is 3.91. The van der Waals surface area contributed by atoms with E-state index in [-0.39, 0.29) is 0 Å². The van der Waals surface area contributed by atoms with Crippen molar-refractivity contribution in [1.29, 1.82) is 0 Å². The molecule has 20 heavy (non-hydrogen) atoms. The highest BCUT2D eigenvalue weighted by Gasteiger charge is 2.31. The van der Waals surface area contributed by atoms with Gasteiger partial charge in [-0.1, -0.05) is 27.2 Å². The van der Waals surface area contributed by atoms with Crippen LogP contribution >= 0.6 is 0 Å². The topological polar surface area (TPSA) is 27.7 Å². The van der Waals surface area contributed by atoms with Crippen molar-refractivity contribution in [2.75, 3.05) is 33.5 Å². The standard InChI is InChI=1S/C17H34O3/c1-14(2)16-8-7-15(3)13-17(16)20-12-11-19-10-6-5-9-18-4/h14-17H,5-13H2,1-4H3. The van der Waals surface area contributed by atoms with E-state index < -0.39 is 0 Å². The third kappa shape index (κ3) is 7.05. The van der Waals surface area contributed by atoms with E-state index >= 15 is 0 Å². The van der Waals surface area contributed by atoms with Gasteiger partial charge in [-0.25, -0.2) is 0 Å². The van der Waals surface area contributed by atoms with Gasteiger partial charge in [-0.3, -0.25) is 0 Å². The van der Waals surface area contributed by atoms with Crippen molar-refractivity contribution in [3.05, 3.63) is 0 Å². The van der Waals surface area contributed by atoms with E-state index in [1.54, 1.807) is 7.11 Å². The lowest BCUT2D eigenvalue weighted by Gasteiger charge is -2.37. The first kappa shape index (κ1) is 17.9. The normalized spacial score (nSPS) is 27.1. The Hall–Kier alpha value is -0.120. The summed E-state index contributed by atoms with van der Waals surface area (Å²) in [6, 6.07) is 0. The van der Waals surface area contributed by atoms with Crippen LogP contribution in [0.4, 0.5) is 0 Å². The number of unbranched alkanes of at least 4 members (excludes halogenated alkanes) is 1. The second-order valence-electron chi connectivity index (χ2n) is 6.55. The Morgan fingerprint density at radius 1 is 1.00 bits per heavy atom. The summed E-state index contributed by atoms with van der Waals surface area (Å²) >= 11 is 0. The van der Waals surface area contributed by atoms with Gasteiger partial charge in [0.15, 0.2) is 0 Å². The summed E-state index contributed by atoms with van der Waals surface area (Å²) in [6.07, 6.45) is 6.49. The molecule has 0 heterocycles. The lowest BCUT2D eigenvalue weighted by molar-refractivity contribution is -0.0584. The van der Waals surface area contributed by atoms with Crippen LogP contribution in [0.3, 0.4) is 0 Å². The molecule has 3 heteroatoms. The van der Waals surface area contributed by atoms with Crippen LogP contribution in [0, 0.1) is 17.8 Å². The van der Waals surface area contributed by atoms with Crippen LogP contribution in [-0.4, -0.2) is 39.6 Å². The fourth-order valence-corrected chi connectivity index (χ4v) is 3.12. The molecule has 0 aromatic rings. The van der Waals surface area contributed by atoms with Crippen molar-refractivity contribution in [2.24, 2.45) is 17.8 Å².